The van der Waals surface area contributed by atoms with Crippen molar-refractivity contribution in [1.29, 1.82) is 0 Å². The summed E-state index contributed by atoms with van der Waals surface area (Å²) in [6.45, 7) is 5.23. The predicted octanol–water partition coefficient (Wildman–Crippen LogP) is 1.85. The van der Waals surface area contributed by atoms with E-state index in [1.54, 1.807) is 36.2 Å². The molecule has 152 valence electrons. The summed E-state index contributed by atoms with van der Waals surface area (Å²) < 4.78 is 5.22. The Bertz CT molecular complexity index is 893. The zero-order valence-electron chi connectivity index (χ0n) is 16.6. The van der Waals surface area contributed by atoms with Crippen molar-refractivity contribution >= 4 is 29.3 Å². The number of aryl methyl sites for hydroxylation is 1. The molecule has 1 fully saturated rings. The molecule has 0 aliphatic carbocycles. The Labute approximate surface area is 169 Å². The van der Waals surface area contributed by atoms with Gasteiger partial charge in [0.05, 0.1) is 11.3 Å². The summed E-state index contributed by atoms with van der Waals surface area (Å²) in [7, 11) is 0. The molecule has 8 nitrogen and oxygen atoms in total. The zero-order valence-corrected chi connectivity index (χ0v) is 16.6. The van der Waals surface area contributed by atoms with Crippen LogP contribution in [0.2, 0.25) is 0 Å². The first kappa shape index (κ1) is 20.3. The zero-order chi connectivity index (χ0) is 20.8. The molecule has 0 radical (unpaired) electrons. The van der Waals surface area contributed by atoms with Crippen LogP contribution in [0.4, 0.5) is 11.5 Å². The number of esters is 1. The van der Waals surface area contributed by atoms with E-state index in [-0.39, 0.29) is 24.0 Å². The number of nitrogens with one attached hydrogen (secondary N) is 1. The van der Waals surface area contributed by atoms with Crippen LogP contribution in [0.3, 0.4) is 0 Å². The average Bonchev–Trinajstić information content (AvgIpc) is 2.73. The number of hydrogen-bond acceptors (Lipinski definition) is 6. The fourth-order valence-corrected chi connectivity index (χ4v) is 3.20. The van der Waals surface area contributed by atoms with Gasteiger partial charge in [0.25, 0.3) is 5.91 Å². The molecule has 2 amide bonds. The summed E-state index contributed by atoms with van der Waals surface area (Å²) in [5, 5.41) is 2.65. The van der Waals surface area contributed by atoms with E-state index < -0.39 is 5.97 Å². The van der Waals surface area contributed by atoms with Gasteiger partial charge in [-0.3, -0.25) is 9.59 Å². The number of anilines is 2. The number of amides is 2. The van der Waals surface area contributed by atoms with Crippen LogP contribution in [-0.2, 0) is 14.3 Å². The molecule has 1 saturated heterocycles. The maximum absolute atomic E-state index is 12.5. The molecule has 1 aliphatic heterocycles. The number of piperazine rings is 1. The lowest BCUT2D eigenvalue weighted by Crippen LogP contribution is -2.50. The number of pyridine rings is 1. The van der Waals surface area contributed by atoms with Crippen molar-refractivity contribution in [1.82, 2.24) is 9.88 Å². The van der Waals surface area contributed by atoms with Gasteiger partial charge < -0.3 is 19.9 Å². The summed E-state index contributed by atoms with van der Waals surface area (Å²) in [5.41, 5.74) is 1.38. The van der Waals surface area contributed by atoms with Crippen LogP contribution in [0.1, 0.15) is 22.8 Å². The molecule has 1 aliphatic rings. The van der Waals surface area contributed by atoms with Crippen molar-refractivity contribution in [3.8, 4) is 0 Å². The van der Waals surface area contributed by atoms with Gasteiger partial charge in [0.1, 0.15) is 5.82 Å². The molecule has 0 saturated carbocycles. The van der Waals surface area contributed by atoms with Crippen LogP contribution in [0.25, 0.3) is 0 Å². The van der Waals surface area contributed by atoms with Crippen molar-refractivity contribution in [2.45, 2.75) is 13.8 Å². The molecule has 1 N–H and O–H groups in total. The number of nitrogens with zero attached hydrogens (tertiary/aromatic N) is 3. The number of ether oxygens (including phenoxy) is 1. The van der Waals surface area contributed by atoms with Crippen molar-refractivity contribution < 1.29 is 19.1 Å². The third-order valence-electron chi connectivity index (χ3n) is 4.73. The first-order valence-corrected chi connectivity index (χ1v) is 9.44. The highest BCUT2D eigenvalue weighted by atomic mass is 16.5. The maximum Gasteiger partial charge on any atom is 0.340 e. The van der Waals surface area contributed by atoms with Crippen molar-refractivity contribution in [2.75, 3.05) is 43.0 Å². The summed E-state index contributed by atoms with van der Waals surface area (Å²) in [4.78, 5) is 44.4. The highest BCUT2D eigenvalue weighted by molar-refractivity contribution is 6.02. The monoisotopic (exact) mass is 396 g/mol. The van der Waals surface area contributed by atoms with E-state index in [0.717, 1.165) is 11.4 Å². The van der Waals surface area contributed by atoms with Gasteiger partial charge in [-0.2, -0.15) is 0 Å². The largest absolute Gasteiger partial charge is 0.452 e. The Balaban J connectivity index is 1.54. The number of para-hydroxylation sites is 1. The smallest absolute Gasteiger partial charge is 0.340 e. The number of benzene rings is 1. The Morgan fingerprint density at radius 2 is 1.83 bits per heavy atom. The molecule has 0 atom stereocenters. The van der Waals surface area contributed by atoms with E-state index in [1.165, 1.54) is 6.92 Å². The Morgan fingerprint density at radius 3 is 2.48 bits per heavy atom. The maximum atomic E-state index is 12.5. The molecule has 29 heavy (non-hydrogen) atoms. The van der Waals surface area contributed by atoms with Gasteiger partial charge in [0.2, 0.25) is 5.91 Å². The van der Waals surface area contributed by atoms with Crippen molar-refractivity contribution in [2.24, 2.45) is 0 Å². The second-order valence-electron chi connectivity index (χ2n) is 6.81. The first-order valence-electron chi connectivity index (χ1n) is 9.44. The van der Waals surface area contributed by atoms with Gasteiger partial charge in [-0.05, 0) is 30.7 Å². The van der Waals surface area contributed by atoms with Crippen LogP contribution in [0.15, 0.2) is 42.6 Å². The molecule has 8 heteroatoms. The minimum atomic E-state index is -0.641. The van der Waals surface area contributed by atoms with E-state index >= 15 is 0 Å². The Morgan fingerprint density at radius 1 is 1.07 bits per heavy atom. The van der Waals surface area contributed by atoms with Crippen molar-refractivity contribution in [3.05, 3.63) is 53.7 Å². The molecule has 1 aromatic heterocycles. The van der Waals surface area contributed by atoms with E-state index in [1.807, 2.05) is 18.2 Å². The normalized spacial score (nSPS) is 13.7. The summed E-state index contributed by atoms with van der Waals surface area (Å²) in [5.74, 6) is -0.281. The molecule has 0 unspecified atom stereocenters. The van der Waals surface area contributed by atoms with Crippen LogP contribution in [0, 0.1) is 6.92 Å². The molecular weight excluding hydrogens is 372 g/mol. The quantitative estimate of drug-likeness (QED) is 0.776. The fraction of sp³-hybridized carbons (Fsp3) is 0.333. The Kier molecular flexibility index (Phi) is 6.43. The van der Waals surface area contributed by atoms with Gasteiger partial charge in [0, 0.05) is 39.3 Å². The molecule has 3 rings (SSSR count). The van der Waals surface area contributed by atoms with Crippen LogP contribution >= 0.6 is 0 Å². The van der Waals surface area contributed by atoms with E-state index in [2.05, 4.69) is 15.2 Å². The molecule has 2 heterocycles. The second-order valence-corrected chi connectivity index (χ2v) is 6.81. The van der Waals surface area contributed by atoms with Crippen LogP contribution in [-0.4, -0.2) is 60.5 Å². The fourth-order valence-electron chi connectivity index (χ4n) is 3.20. The van der Waals surface area contributed by atoms with E-state index in [0.29, 0.717) is 31.9 Å². The highest BCUT2D eigenvalue weighted by Gasteiger charge is 2.23. The average molecular weight is 396 g/mol. The van der Waals surface area contributed by atoms with Crippen molar-refractivity contribution in [3.63, 3.8) is 0 Å². The van der Waals surface area contributed by atoms with E-state index in [9.17, 15) is 14.4 Å². The molecule has 2 aromatic rings. The second kappa shape index (κ2) is 9.18. The number of rotatable bonds is 5. The lowest BCUT2D eigenvalue weighted by Gasteiger charge is -2.35. The number of hydrogen-bond donors (Lipinski definition) is 1. The van der Waals surface area contributed by atoms with Crippen LogP contribution < -0.4 is 10.2 Å². The van der Waals surface area contributed by atoms with E-state index in [4.69, 9.17) is 4.74 Å². The summed E-state index contributed by atoms with van der Waals surface area (Å²) >= 11 is 0. The van der Waals surface area contributed by atoms with Gasteiger partial charge >= 0.3 is 5.97 Å². The van der Waals surface area contributed by atoms with Gasteiger partial charge in [0.15, 0.2) is 6.61 Å². The minimum Gasteiger partial charge on any atom is -0.452 e. The topological polar surface area (TPSA) is 91.8 Å². The van der Waals surface area contributed by atoms with Gasteiger partial charge in [-0.15, -0.1) is 0 Å². The van der Waals surface area contributed by atoms with Gasteiger partial charge in [-0.25, -0.2) is 9.78 Å². The molecule has 0 bridgehead atoms. The number of carbonyl (C=O) groups excluding carboxylic acids is 3. The summed E-state index contributed by atoms with van der Waals surface area (Å²) in [6.07, 6.45) is 1.74. The molecule has 1 aromatic carbocycles. The lowest BCUT2D eigenvalue weighted by atomic mass is 10.1. The first-order chi connectivity index (χ1) is 14.0. The summed E-state index contributed by atoms with van der Waals surface area (Å²) in [6, 6.07) is 10.8. The van der Waals surface area contributed by atoms with Gasteiger partial charge in [-0.1, -0.05) is 18.2 Å². The molecule has 0 spiro atoms. The van der Waals surface area contributed by atoms with Crippen LogP contribution in [0.5, 0.6) is 0 Å². The predicted molar refractivity (Wildman–Crippen MR) is 109 cm³/mol. The SMILES string of the molecule is CC(=O)Nc1c(C)cccc1C(=O)OCC(=O)N1CCN(c2ccccn2)CC1. The highest BCUT2D eigenvalue weighted by Crippen LogP contribution is 2.21. The third-order valence-corrected chi connectivity index (χ3v) is 4.73. The Hall–Kier alpha value is -3.42. The third kappa shape index (κ3) is 5.10. The number of carbonyl (C=O) groups is 3. The standard InChI is InChI=1S/C21H24N4O4/c1-15-6-5-7-17(20(15)23-16(2)26)21(28)29-14-19(27)25-12-10-24(11-13-25)18-8-3-4-9-22-18/h3-9H,10-14H2,1-2H3,(H,23,26). The lowest BCUT2D eigenvalue weighted by molar-refractivity contribution is -0.134. The number of aromatic nitrogens is 1. The minimum absolute atomic E-state index is 0.230. The molecular formula is C21H24N4O4.